The van der Waals surface area contributed by atoms with Crippen molar-refractivity contribution in [1.82, 2.24) is 5.43 Å². The number of hydrogen-bond donors (Lipinski definition) is 1. The summed E-state index contributed by atoms with van der Waals surface area (Å²) in [4.78, 5) is 23.5. The summed E-state index contributed by atoms with van der Waals surface area (Å²) < 4.78 is 21.0. The zero-order chi connectivity index (χ0) is 21.8. The predicted octanol–water partition coefficient (Wildman–Crippen LogP) is 3.19. The fourth-order valence-electron chi connectivity index (χ4n) is 2.34. The van der Waals surface area contributed by atoms with Gasteiger partial charge in [0, 0.05) is 5.56 Å². The smallest absolute Gasteiger partial charge is 0.343 e. The Morgan fingerprint density at radius 2 is 1.77 bits per heavy atom. The molecule has 0 spiro atoms. The number of hydrogen-bond acceptors (Lipinski definition) is 7. The molecule has 0 radical (unpaired) electrons. The number of nitrogens with zero attached hydrogens (tertiary/aromatic N) is 1. The number of amides is 1. The van der Waals surface area contributed by atoms with Crippen molar-refractivity contribution < 1.29 is 28.5 Å². The molecule has 0 aliphatic heterocycles. The van der Waals surface area contributed by atoms with Crippen LogP contribution in [0.1, 0.15) is 36.2 Å². The van der Waals surface area contributed by atoms with Crippen LogP contribution in [0.5, 0.6) is 17.2 Å². The maximum Gasteiger partial charge on any atom is 0.343 e. The Labute approximate surface area is 175 Å². The van der Waals surface area contributed by atoms with Crippen LogP contribution >= 0.6 is 0 Å². The van der Waals surface area contributed by atoms with E-state index in [2.05, 4.69) is 15.3 Å². The standard InChI is InChI=1S/C22H26N2O6/c1-4-12-29-18-9-7-17(8-10-18)22(26)24-23-14-16-6-11-19(20(13-16)28-5-2)30-15-21(25)27-3/h6-11,13-14H,4-5,12,15H2,1-3H3,(H,24,26)/b23-14+. The summed E-state index contributed by atoms with van der Waals surface area (Å²) in [5.74, 6) is 0.759. The van der Waals surface area contributed by atoms with Gasteiger partial charge in [0.25, 0.3) is 5.91 Å². The number of nitrogens with one attached hydrogen (secondary N) is 1. The minimum atomic E-state index is -0.490. The van der Waals surface area contributed by atoms with E-state index in [-0.39, 0.29) is 12.5 Å². The zero-order valence-corrected chi connectivity index (χ0v) is 17.3. The molecule has 1 amide bonds. The SMILES string of the molecule is CCCOc1ccc(C(=O)N/N=C/c2ccc(OCC(=O)OC)c(OCC)c2)cc1. The predicted molar refractivity (Wildman–Crippen MR) is 112 cm³/mol. The minimum Gasteiger partial charge on any atom is -0.494 e. The number of rotatable bonds is 11. The number of carbonyl (C=O) groups is 2. The van der Waals surface area contributed by atoms with Crippen molar-refractivity contribution in [2.75, 3.05) is 26.9 Å². The number of esters is 1. The summed E-state index contributed by atoms with van der Waals surface area (Å²) >= 11 is 0. The Bertz CT molecular complexity index is 864. The van der Waals surface area contributed by atoms with Gasteiger partial charge in [-0.1, -0.05) is 6.92 Å². The molecular formula is C22H26N2O6. The summed E-state index contributed by atoms with van der Waals surface area (Å²) in [6, 6.07) is 11.9. The van der Waals surface area contributed by atoms with Crippen LogP contribution < -0.4 is 19.6 Å². The van der Waals surface area contributed by atoms with Gasteiger partial charge < -0.3 is 18.9 Å². The van der Waals surface area contributed by atoms with Crippen LogP contribution in [0.3, 0.4) is 0 Å². The first-order valence-corrected chi connectivity index (χ1v) is 9.60. The highest BCUT2D eigenvalue weighted by atomic mass is 16.6. The van der Waals surface area contributed by atoms with Crippen LogP contribution in [0.15, 0.2) is 47.6 Å². The van der Waals surface area contributed by atoms with Gasteiger partial charge in [0.15, 0.2) is 18.1 Å². The molecule has 160 valence electrons. The van der Waals surface area contributed by atoms with Gasteiger partial charge in [0.1, 0.15) is 5.75 Å². The Morgan fingerprint density at radius 3 is 2.43 bits per heavy atom. The third kappa shape index (κ3) is 7.12. The lowest BCUT2D eigenvalue weighted by molar-refractivity contribution is -0.142. The largest absolute Gasteiger partial charge is 0.494 e. The van der Waals surface area contributed by atoms with E-state index in [4.69, 9.17) is 14.2 Å². The Kier molecular flexibility index (Phi) is 9.18. The van der Waals surface area contributed by atoms with E-state index in [1.165, 1.54) is 13.3 Å². The van der Waals surface area contributed by atoms with Crippen molar-refractivity contribution in [2.24, 2.45) is 5.10 Å². The van der Waals surface area contributed by atoms with E-state index >= 15 is 0 Å². The van der Waals surface area contributed by atoms with Crippen molar-refractivity contribution in [3.8, 4) is 17.2 Å². The van der Waals surface area contributed by atoms with Crippen LogP contribution in [0, 0.1) is 0 Å². The first-order valence-electron chi connectivity index (χ1n) is 9.60. The molecule has 2 rings (SSSR count). The second-order valence-electron chi connectivity index (χ2n) is 6.08. The van der Waals surface area contributed by atoms with E-state index in [0.29, 0.717) is 35.8 Å². The number of ether oxygens (including phenoxy) is 4. The Balaban J connectivity index is 1.98. The highest BCUT2D eigenvalue weighted by molar-refractivity contribution is 5.95. The highest BCUT2D eigenvalue weighted by Crippen LogP contribution is 2.28. The van der Waals surface area contributed by atoms with Gasteiger partial charge in [-0.3, -0.25) is 4.79 Å². The lowest BCUT2D eigenvalue weighted by atomic mass is 10.2. The molecule has 0 aliphatic carbocycles. The van der Waals surface area contributed by atoms with E-state index in [0.717, 1.165) is 12.2 Å². The summed E-state index contributed by atoms with van der Waals surface area (Å²) in [6.07, 6.45) is 2.41. The number of carbonyl (C=O) groups excluding carboxylic acids is 2. The molecular weight excluding hydrogens is 388 g/mol. The lowest BCUT2D eigenvalue weighted by Crippen LogP contribution is -2.17. The number of methoxy groups -OCH3 is 1. The fraction of sp³-hybridized carbons (Fsp3) is 0.318. The van der Waals surface area contributed by atoms with Crippen LogP contribution in [0.4, 0.5) is 0 Å². The maximum atomic E-state index is 12.2. The van der Waals surface area contributed by atoms with Crippen molar-refractivity contribution in [3.63, 3.8) is 0 Å². The normalized spacial score (nSPS) is 10.5. The number of benzene rings is 2. The molecule has 8 heteroatoms. The van der Waals surface area contributed by atoms with E-state index < -0.39 is 5.97 Å². The van der Waals surface area contributed by atoms with Gasteiger partial charge in [-0.2, -0.15) is 5.10 Å². The molecule has 0 bridgehead atoms. The second-order valence-corrected chi connectivity index (χ2v) is 6.08. The molecule has 8 nitrogen and oxygen atoms in total. The average molecular weight is 414 g/mol. The molecule has 2 aromatic rings. The van der Waals surface area contributed by atoms with E-state index in [1.54, 1.807) is 42.5 Å². The Morgan fingerprint density at radius 1 is 1.00 bits per heavy atom. The molecule has 0 saturated carbocycles. The molecule has 0 heterocycles. The van der Waals surface area contributed by atoms with Crippen molar-refractivity contribution >= 4 is 18.1 Å². The van der Waals surface area contributed by atoms with Gasteiger partial charge >= 0.3 is 5.97 Å². The first-order chi connectivity index (χ1) is 14.6. The third-order valence-electron chi connectivity index (χ3n) is 3.81. The first kappa shape index (κ1) is 22.7. The monoisotopic (exact) mass is 414 g/mol. The fourth-order valence-corrected chi connectivity index (χ4v) is 2.34. The highest BCUT2D eigenvalue weighted by Gasteiger charge is 2.09. The average Bonchev–Trinajstić information content (AvgIpc) is 2.77. The topological polar surface area (TPSA) is 95.5 Å². The molecule has 0 atom stereocenters. The van der Waals surface area contributed by atoms with Gasteiger partial charge in [0.2, 0.25) is 0 Å². The van der Waals surface area contributed by atoms with Crippen LogP contribution in [-0.4, -0.2) is 45.0 Å². The molecule has 0 aromatic heterocycles. The molecule has 0 saturated heterocycles. The van der Waals surface area contributed by atoms with Gasteiger partial charge in [-0.25, -0.2) is 10.2 Å². The maximum absolute atomic E-state index is 12.2. The zero-order valence-electron chi connectivity index (χ0n) is 17.3. The molecule has 0 aliphatic rings. The van der Waals surface area contributed by atoms with Gasteiger partial charge in [-0.15, -0.1) is 0 Å². The molecule has 2 aromatic carbocycles. The quantitative estimate of drug-likeness (QED) is 0.345. The summed E-state index contributed by atoms with van der Waals surface area (Å²) in [5.41, 5.74) is 3.64. The summed E-state index contributed by atoms with van der Waals surface area (Å²) in [6.45, 7) is 4.70. The van der Waals surface area contributed by atoms with Crippen molar-refractivity contribution in [1.29, 1.82) is 0 Å². The Hall–Kier alpha value is -3.55. The van der Waals surface area contributed by atoms with Crippen LogP contribution in [0.25, 0.3) is 0 Å². The van der Waals surface area contributed by atoms with Gasteiger partial charge in [-0.05, 0) is 61.4 Å². The van der Waals surface area contributed by atoms with E-state index in [1.807, 2.05) is 13.8 Å². The lowest BCUT2D eigenvalue weighted by Gasteiger charge is -2.11. The van der Waals surface area contributed by atoms with Gasteiger partial charge in [0.05, 0.1) is 26.5 Å². The van der Waals surface area contributed by atoms with Crippen molar-refractivity contribution in [2.45, 2.75) is 20.3 Å². The molecule has 0 fully saturated rings. The molecule has 1 N–H and O–H groups in total. The molecule has 0 unspecified atom stereocenters. The number of hydrazone groups is 1. The minimum absolute atomic E-state index is 0.220. The van der Waals surface area contributed by atoms with Crippen LogP contribution in [0.2, 0.25) is 0 Å². The summed E-state index contributed by atoms with van der Waals surface area (Å²) in [5, 5.41) is 3.98. The van der Waals surface area contributed by atoms with E-state index in [9.17, 15) is 9.59 Å². The van der Waals surface area contributed by atoms with Crippen LogP contribution in [-0.2, 0) is 9.53 Å². The summed E-state index contributed by atoms with van der Waals surface area (Å²) in [7, 11) is 1.29. The molecule has 30 heavy (non-hydrogen) atoms. The second kappa shape index (κ2) is 12.1. The third-order valence-corrected chi connectivity index (χ3v) is 3.81. The van der Waals surface area contributed by atoms with Crippen molar-refractivity contribution in [3.05, 3.63) is 53.6 Å².